The number of carbonyl (C=O) groups excluding carboxylic acids is 1. The maximum Gasteiger partial charge on any atom is 0.407 e. The van der Waals surface area contributed by atoms with E-state index in [1.165, 1.54) is 4.90 Å². The van der Waals surface area contributed by atoms with Crippen molar-refractivity contribution in [3.8, 4) is 0 Å². The average Bonchev–Trinajstić information content (AvgIpc) is 2.46. The summed E-state index contributed by atoms with van der Waals surface area (Å²) in [6, 6.07) is 0. The first-order chi connectivity index (χ1) is 9.97. The summed E-state index contributed by atoms with van der Waals surface area (Å²) in [5, 5.41) is 18.6. The molecule has 0 bridgehead atoms. The Balaban J connectivity index is 1.92. The van der Waals surface area contributed by atoms with Gasteiger partial charge < -0.3 is 21.1 Å². The van der Waals surface area contributed by atoms with Crippen LogP contribution in [-0.4, -0.2) is 50.3 Å². The molecule has 1 saturated heterocycles. The molecule has 1 aromatic heterocycles. The predicted octanol–water partition coefficient (Wildman–Crippen LogP) is -1.25. The topological polar surface area (TPSA) is 154 Å². The first-order valence-electron chi connectivity index (χ1n) is 6.44. The van der Waals surface area contributed by atoms with Crippen molar-refractivity contribution in [2.24, 2.45) is 5.92 Å². The molecule has 21 heavy (non-hydrogen) atoms. The Morgan fingerprint density at radius 1 is 1.48 bits per heavy atom. The molecule has 0 aromatic carbocycles. The van der Waals surface area contributed by atoms with Gasteiger partial charge in [0.2, 0.25) is 11.9 Å². The minimum atomic E-state index is -1.03. The normalized spacial score (nSPS) is 18.3. The highest BCUT2D eigenvalue weighted by molar-refractivity contribution is 5.79. The van der Waals surface area contributed by atoms with Gasteiger partial charge in [0.1, 0.15) is 5.69 Å². The highest BCUT2D eigenvalue weighted by atomic mass is 16.4. The lowest BCUT2D eigenvalue weighted by Crippen LogP contribution is -2.45. The zero-order valence-corrected chi connectivity index (χ0v) is 11.2. The lowest BCUT2D eigenvalue weighted by Gasteiger charge is -2.29. The number of H-pyrrole nitrogens is 1. The quantitative estimate of drug-likeness (QED) is 0.543. The number of aromatic nitrogens is 3. The van der Waals surface area contributed by atoms with E-state index in [0.717, 1.165) is 0 Å². The van der Waals surface area contributed by atoms with E-state index >= 15 is 0 Å². The SMILES string of the molecule is Nc1nnc(CNC(=O)[C@@H]2CCCN(C(=O)O)C2)c(=O)[nH]1. The molecule has 10 heteroatoms. The Bertz CT molecular complexity index is 601. The molecule has 5 N–H and O–H groups in total. The number of nitrogens with zero attached hydrogens (tertiary/aromatic N) is 3. The van der Waals surface area contributed by atoms with Crippen molar-refractivity contribution >= 4 is 17.9 Å². The van der Waals surface area contributed by atoms with Crippen molar-refractivity contribution < 1.29 is 14.7 Å². The van der Waals surface area contributed by atoms with E-state index < -0.39 is 17.6 Å². The third-order valence-corrected chi connectivity index (χ3v) is 3.27. The van der Waals surface area contributed by atoms with Gasteiger partial charge in [-0.2, -0.15) is 0 Å². The lowest BCUT2D eigenvalue weighted by molar-refractivity contribution is -0.126. The summed E-state index contributed by atoms with van der Waals surface area (Å²) in [5.74, 6) is -0.825. The van der Waals surface area contributed by atoms with Crippen molar-refractivity contribution in [1.82, 2.24) is 25.4 Å². The van der Waals surface area contributed by atoms with Crippen molar-refractivity contribution in [3.63, 3.8) is 0 Å². The monoisotopic (exact) mass is 296 g/mol. The summed E-state index contributed by atoms with van der Waals surface area (Å²) in [6.07, 6.45) is 0.208. The molecule has 1 fully saturated rings. The fourth-order valence-electron chi connectivity index (χ4n) is 2.17. The standard InChI is InChI=1S/C11H16N6O4/c12-10-14-9(19)7(15-16-10)4-13-8(18)6-2-1-3-17(5-6)11(20)21/h6H,1-5H2,(H,13,18)(H,20,21)(H3,12,14,16,19)/t6-/m1/s1. The van der Waals surface area contributed by atoms with Crippen molar-refractivity contribution in [2.75, 3.05) is 18.8 Å². The molecule has 0 aliphatic carbocycles. The van der Waals surface area contributed by atoms with E-state index in [9.17, 15) is 14.4 Å². The molecule has 2 heterocycles. The first kappa shape index (κ1) is 14.8. The molecule has 114 valence electrons. The minimum Gasteiger partial charge on any atom is -0.465 e. The van der Waals surface area contributed by atoms with Crippen molar-refractivity contribution in [3.05, 3.63) is 16.0 Å². The number of nitrogens with one attached hydrogen (secondary N) is 2. The van der Waals surface area contributed by atoms with Crippen LogP contribution in [0.5, 0.6) is 0 Å². The molecule has 2 amide bonds. The number of aromatic amines is 1. The van der Waals surface area contributed by atoms with Crippen LogP contribution in [-0.2, 0) is 11.3 Å². The predicted molar refractivity (Wildman–Crippen MR) is 71.2 cm³/mol. The van der Waals surface area contributed by atoms with Gasteiger partial charge >= 0.3 is 6.09 Å². The molecule has 10 nitrogen and oxygen atoms in total. The molecule has 2 rings (SSSR count). The molecular weight excluding hydrogens is 280 g/mol. The van der Waals surface area contributed by atoms with Gasteiger partial charge in [-0.1, -0.05) is 0 Å². The molecule has 1 aliphatic heterocycles. The van der Waals surface area contributed by atoms with Crippen LogP contribution in [0.4, 0.5) is 10.7 Å². The Hall–Kier alpha value is -2.65. The smallest absolute Gasteiger partial charge is 0.407 e. The average molecular weight is 296 g/mol. The number of likely N-dealkylation sites (tertiary alicyclic amines) is 1. The molecule has 0 unspecified atom stereocenters. The second-order valence-electron chi connectivity index (χ2n) is 4.77. The zero-order chi connectivity index (χ0) is 15.4. The first-order valence-corrected chi connectivity index (χ1v) is 6.44. The summed E-state index contributed by atoms with van der Waals surface area (Å²) < 4.78 is 0. The van der Waals surface area contributed by atoms with E-state index in [-0.39, 0.29) is 30.6 Å². The van der Waals surface area contributed by atoms with Crippen LogP contribution in [0.3, 0.4) is 0 Å². The van der Waals surface area contributed by atoms with Gasteiger partial charge in [0, 0.05) is 13.1 Å². The van der Waals surface area contributed by atoms with Gasteiger partial charge in [0.15, 0.2) is 0 Å². The van der Waals surface area contributed by atoms with E-state index in [2.05, 4.69) is 20.5 Å². The highest BCUT2D eigenvalue weighted by Gasteiger charge is 2.28. The summed E-state index contributed by atoms with van der Waals surface area (Å²) in [7, 11) is 0. The van der Waals surface area contributed by atoms with Gasteiger partial charge in [-0.05, 0) is 12.8 Å². The molecule has 0 radical (unpaired) electrons. The van der Waals surface area contributed by atoms with Gasteiger partial charge in [-0.25, -0.2) is 4.79 Å². The zero-order valence-electron chi connectivity index (χ0n) is 11.2. The minimum absolute atomic E-state index is 0.0449. The molecule has 0 saturated carbocycles. The largest absolute Gasteiger partial charge is 0.465 e. The summed E-state index contributed by atoms with van der Waals surface area (Å²) in [4.78, 5) is 37.9. The van der Waals surface area contributed by atoms with E-state index in [0.29, 0.717) is 19.4 Å². The number of carboxylic acid groups (broad SMARTS) is 1. The van der Waals surface area contributed by atoms with Gasteiger partial charge in [0.05, 0.1) is 12.5 Å². The molecule has 1 aliphatic rings. The number of hydrogen-bond acceptors (Lipinski definition) is 6. The van der Waals surface area contributed by atoms with Crippen LogP contribution >= 0.6 is 0 Å². The van der Waals surface area contributed by atoms with E-state index in [1.54, 1.807) is 0 Å². The van der Waals surface area contributed by atoms with E-state index in [4.69, 9.17) is 10.8 Å². The Kier molecular flexibility index (Phi) is 4.36. The fourth-order valence-corrected chi connectivity index (χ4v) is 2.17. The number of nitrogen functional groups attached to an aromatic ring is 1. The number of rotatable bonds is 3. The van der Waals surface area contributed by atoms with Crippen molar-refractivity contribution in [1.29, 1.82) is 0 Å². The Morgan fingerprint density at radius 2 is 2.24 bits per heavy atom. The summed E-state index contributed by atoms with van der Waals surface area (Å²) in [5.41, 5.74) is 4.80. The number of anilines is 1. The van der Waals surface area contributed by atoms with Crippen molar-refractivity contribution in [2.45, 2.75) is 19.4 Å². The summed E-state index contributed by atoms with van der Waals surface area (Å²) >= 11 is 0. The molecule has 1 atom stereocenters. The number of hydrogen-bond donors (Lipinski definition) is 4. The third kappa shape index (κ3) is 3.68. The number of carbonyl (C=O) groups is 2. The van der Waals surface area contributed by atoms with Gasteiger partial charge in [-0.3, -0.25) is 14.6 Å². The van der Waals surface area contributed by atoms with Crippen LogP contribution in [0.1, 0.15) is 18.5 Å². The number of piperidine rings is 1. The Morgan fingerprint density at radius 3 is 2.90 bits per heavy atom. The maximum absolute atomic E-state index is 12.0. The third-order valence-electron chi connectivity index (χ3n) is 3.27. The maximum atomic E-state index is 12.0. The number of nitrogens with two attached hydrogens (primary N) is 1. The number of amides is 2. The van der Waals surface area contributed by atoms with Crippen LogP contribution in [0.25, 0.3) is 0 Å². The lowest BCUT2D eigenvalue weighted by atomic mass is 9.97. The second kappa shape index (κ2) is 6.20. The van der Waals surface area contributed by atoms with Crippen LogP contribution in [0.2, 0.25) is 0 Å². The van der Waals surface area contributed by atoms with Crippen LogP contribution in [0, 0.1) is 5.92 Å². The van der Waals surface area contributed by atoms with Crippen LogP contribution in [0.15, 0.2) is 4.79 Å². The molecular formula is C11H16N6O4. The molecule has 0 spiro atoms. The molecule has 1 aromatic rings. The van der Waals surface area contributed by atoms with E-state index in [1.807, 2.05) is 0 Å². The second-order valence-corrected chi connectivity index (χ2v) is 4.77. The van der Waals surface area contributed by atoms with Crippen LogP contribution < -0.4 is 16.6 Å². The van der Waals surface area contributed by atoms with Gasteiger partial charge in [0.25, 0.3) is 5.56 Å². The van der Waals surface area contributed by atoms with Gasteiger partial charge in [-0.15, -0.1) is 10.2 Å². The fraction of sp³-hybridized carbons (Fsp3) is 0.545. The summed E-state index contributed by atoms with van der Waals surface area (Å²) in [6.45, 7) is 0.512. The Labute approximate surface area is 119 Å². The highest BCUT2D eigenvalue weighted by Crippen LogP contribution is 2.16.